The predicted octanol–water partition coefficient (Wildman–Crippen LogP) is 4.02. The molecule has 0 fully saturated rings. The molecule has 0 atom stereocenters. The Morgan fingerprint density at radius 1 is 0.880 bits per heavy atom. The van der Waals surface area contributed by atoms with Crippen molar-refractivity contribution in [3.63, 3.8) is 0 Å². The summed E-state index contributed by atoms with van der Waals surface area (Å²) in [5.74, 6) is 2.24. The fourth-order valence-electron chi connectivity index (χ4n) is 2.56. The number of nitrogens with zero attached hydrogens (tertiary/aromatic N) is 2. The molecule has 1 aromatic heterocycles. The summed E-state index contributed by atoms with van der Waals surface area (Å²) in [4.78, 5) is 8.80. The van der Waals surface area contributed by atoms with Gasteiger partial charge in [-0.1, -0.05) is 42.5 Å². The van der Waals surface area contributed by atoms with E-state index >= 15 is 0 Å². The highest BCUT2D eigenvalue weighted by atomic mass is 16.5. The van der Waals surface area contributed by atoms with Crippen LogP contribution in [-0.2, 0) is 13.1 Å². The molecule has 0 aliphatic carbocycles. The van der Waals surface area contributed by atoms with Crippen molar-refractivity contribution in [2.24, 2.45) is 0 Å². The zero-order valence-electron chi connectivity index (χ0n) is 14.5. The van der Waals surface area contributed by atoms with E-state index in [0.717, 1.165) is 17.1 Å². The third kappa shape index (κ3) is 4.47. The normalized spacial score (nSPS) is 10.3. The number of anilines is 2. The summed E-state index contributed by atoms with van der Waals surface area (Å²) in [6.45, 7) is 3.43. The molecule has 3 aromatic rings. The molecular weight excluding hydrogens is 312 g/mol. The van der Waals surface area contributed by atoms with Crippen LogP contribution in [0.1, 0.15) is 16.7 Å². The summed E-state index contributed by atoms with van der Waals surface area (Å²) >= 11 is 0. The molecule has 25 heavy (non-hydrogen) atoms. The van der Waals surface area contributed by atoms with Crippen LogP contribution in [-0.4, -0.2) is 17.1 Å². The van der Waals surface area contributed by atoms with E-state index in [4.69, 9.17) is 4.74 Å². The Morgan fingerprint density at radius 3 is 2.40 bits per heavy atom. The zero-order chi connectivity index (χ0) is 17.5. The molecule has 3 rings (SSSR count). The van der Waals surface area contributed by atoms with Crippen molar-refractivity contribution >= 4 is 11.8 Å². The maximum absolute atomic E-state index is 5.37. The van der Waals surface area contributed by atoms with Crippen LogP contribution in [0.3, 0.4) is 0 Å². The Balaban J connectivity index is 1.62. The molecule has 2 aromatic carbocycles. The van der Waals surface area contributed by atoms with Gasteiger partial charge < -0.3 is 15.4 Å². The average Bonchev–Trinajstić information content (AvgIpc) is 2.66. The maximum atomic E-state index is 5.37. The number of methoxy groups -OCH3 is 1. The van der Waals surface area contributed by atoms with Crippen LogP contribution in [0.5, 0.6) is 5.75 Å². The standard InChI is InChI=1S/C20H22N4O/c1-15-7-3-4-8-16(15)13-23-20-21-12-11-19(24-20)22-14-17-9-5-6-10-18(17)25-2/h3-12H,13-14H2,1-2H3,(H2,21,22,23,24). The minimum Gasteiger partial charge on any atom is -0.496 e. The average molecular weight is 334 g/mol. The van der Waals surface area contributed by atoms with Crippen molar-refractivity contribution in [3.05, 3.63) is 77.5 Å². The summed E-state index contributed by atoms with van der Waals surface area (Å²) in [7, 11) is 1.68. The summed E-state index contributed by atoms with van der Waals surface area (Å²) in [5.41, 5.74) is 3.57. The second kappa shape index (κ2) is 8.15. The van der Waals surface area contributed by atoms with E-state index in [-0.39, 0.29) is 0 Å². The molecule has 0 aliphatic heterocycles. The molecular formula is C20H22N4O. The van der Waals surface area contributed by atoms with Crippen LogP contribution in [0.4, 0.5) is 11.8 Å². The molecule has 0 saturated heterocycles. The van der Waals surface area contributed by atoms with Crippen molar-refractivity contribution in [2.75, 3.05) is 17.7 Å². The number of ether oxygens (including phenoxy) is 1. The molecule has 0 radical (unpaired) electrons. The molecule has 128 valence electrons. The smallest absolute Gasteiger partial charge is 0.224 e. The molecule has 5 heteroatoms. The van der Waals surface area contributed by atoms with Gasteiger partial charge in [-0.05, 0) is 30.2 Å². The molecule has 1 heterocycles. The van der Waals surface area contributed by atoms with Crippen molar-refractivity contribution in [1.29, 1.82) is 0 Å². The van der Waals surface area contributed by atoms with Gasteiger partial charge in [-0.2, -0.15) is 4.98 Å². The highest BCUT2D eigenvalue weighted by molar-refractivity contribution is 5.43. The SMILES string of the molecule is COc1ccccc1CNc1ccnc(NCc2ccccc2C)n1. The van der Waals surface area contributed by atoms with Gasteiger partial charge in [0.2, 0.25) is 5.95 Å². The van der Waals surface area contributed by atoms with Crippen molar-refractivity contribution in [3.8, 4) is 5.75 Å². The predicted molar refractivity (Wildman–Crippen MR) is 101 cm³/mol. The second-order valence-corrected chi connectivity index (χ2v) is 5.71. The lowest BCUT2D eigenvalue weighted by Crippen LogP contribution is -2.07. The van der Waals surface area contributed by atoms with E-state index < -0.39 is 0 Å². The van der Waals surface area contributed by atoms with E-state index in [1.54, 1.807) is 13.3 Å². The minimum absolute atomic E-state index is 0.605. The summed E-state index contributed by atoms with van der Waals surface area (Å²) < 4.78 is 5.37. The van der Waals surface area contributed by atoms with E-state index in [1.807, 2.05) is 42.5 Å². The quantitative estimate of drug-likeness (QED) is 0.683. The van der Waals surface area contributed by atoms with Gasteiger partial charge in [-0.15, -0.1) is 0 Å². The Labute approximate surface area is 148 Å². The number of para-hydroxylation sites is 1. The van der Waals surface area contributed by atoms with Gasteiger partial charge in [0.05, 0.1) is 7.11 Å². The maximum Gasteiger partial charge on any atom is 0.224 e. The molecule has 0 aliphatic rings. The molecule has 5 nitrogen and oxygen atoms in total. The van der Waals surface area contributed by atoms with Gasteiger partial charge in [0.1, 0.15) is 11.6 Å². The first kappa shape index (κ1) is 16.8. The van der Waals surface area contributed by atoms with Crippen LogP contribution < -0.4 is 15.4 Å². The molecule has 0 bridgehead atoms. The highest BCUT2D eigenvalue weighted by Crippen LogP contribution is 2.18. The lowest BCUT2D eigenvalue weighted by atomic mass is 10.1. The van der Waals surface area contributed by atoms with Gasteiger partial charge in [0.25, 0.3) is 0 Å². The number of nitrogens with one attached hydrogen (secondary N) is 2. The van der Waals surface area contributed by atoms with Crippen molar-refractivity contribution < 1.29 is 4.74 Å². The zero-order valence-corrected chi connectivity index (χ0v) is 14.5. The van der Waals surface area contributed by atoms with Gasteiger partial charge in [-0.3, -0.25) is 0 Å². The van der Waals surface area contributed by atoms with Crippen LogP contribution in [0.15, 0.2) is 60.8 Å². The summed E-state index contributed by atoms with van der Waals surface area (Å²) in [5, 5.41) is 6.59. The lowest BCUT2D eigenvalue weighted by molar-refractivity contribution is 0.410. The highest BCUT2D eigenvalue weighted by Gasteiger charge is 2.04. The monoisotopic (exact) mass is 334 g/mol. The number of hydrogen-bond acceptors (Lipinski definition) is 5. The summed E-state index contributed by atoms with van der Waals surface area (Å²) in [6.07, 6.45) is 1.75. The van der Waals surface area contributed by atoms with Crippen LogP contribution in [0.25, 0.3) is 0 Å². The lowest BCUT2D eigenvalue weighted by Gasteiger charge is -2.11. The topological polar surface area (TPSA) is 59.1 Å². The third-order valence-electron chi connectivity index (χ3n) is 4.01. The van der Waals surface area contributed by atoms with Crippen molar-refractivity contribution in [2.45, 2.75) is 20.0 Å². The molecule has 0 spiro atoms. The largest absolute Gasteiger partial charge is 0.496 e. The summed E-state index contributed by atoms with van der Waals surface area (Å²) in [6, 6.07) is 18.1. The first-order valence-electron chi connectivity index (χ1n) is 8.23. The minimum atomic E-state index is 0.605. The number of aromatic nitrogens is 2. The number of rotatable bonds is 7. The van der Waals surface area contributed by atoms with Gasteiger partial charge in [-0.25, -0.2) is 4.98 Å². The Kier molecular flexibility index (Phi) is 5.46. The molecule has 2 N–H and O–H groups in total. The van der Waals surface area contributed by atoms with E-state index in [9.17, 15) is 0 Å². The Hall–Kier alpha value is -3.08. The first-order chi connectivity index (χ1) is 12.3. The Morgan fingerprint density at radius 2 is 1.60 bits per heavy atom. The molecule has 0 unspecified atom stereocenters. The van der Waals surface area contributed by atoms with Gasteiger partial charge >= 0.3 is 0 Å². The van der Waals surface area contributed by atoms with E-state index in [0.29, 0.717) is 19.0 Å². The second-order valence-electron chi connectivity index (χ2n) is 5.71. The van der Waals surface area contributed by atoms with Gasteiger partial charge in [0.15, 0.2) is 0 Å². The number of aryl methyl sites for hydroxylation is 1. The van der Waals surface area contributed by atoms with Gasteiger partial charge in [0, 0.05) is 24.8 Å². The van der Waals surface area contributed by atoms with Crippen molar-refractivity contribution in [1.82, 2.24) is 9.97 Å². The number of benzene rings is 2. The van der Waals surface area contributed by atoms with Crippen LogP contribution >= 0.6 is 0 Å². The number of hydrogen-bond donors (Lipinski definition) is 2. The van der Waals surface area contributed by atoms with E-state index in [1.165, 1.54) is 11.1 Å². The molecule has 0 amide bonds. The fraction of sp³-hybridized carbons (Fsp3) is 0.200. The third-order valence-corrected chi connectivity index (χ3v) is 4.01. The van der Waals surface area contributed by atoms with Crippen LogP contribution in [0.2, 0.25) is 0 Å². The Bertz CT molecular complexity index is 835. The fourth-order valence-corrected chi connectivity index (χ4v) is 2.56. The molecule has 0 saturated carbocycles. The van der Waals surface area contributed by atoms with E-state index in [2.05, 4.69) is 39.7 Å². The van der Waals surface area contributed by atoms with Crippen LogP contribution in [0, 0.1) is 6.92 Å². The first-order valence-corrected chi connectivity index (χ1v) is 8.23.